The first-order valence-corrected chi connectivity index (χ1v) is 30.3. The number of rotatable bonds is 32. The van der Waals surface area contributed by atoms with E-state index in [0.717, 1.165) is 37.7 Å². The number of hydrogen-bond donors (Lipinski definition) is 12. The maximum absolute atomic E-state index is 15.5. The Hall–Kier alpha value is -9.21. The standard InChI is InChI=1S/C62H79FN10O17/c1-5-62(88)39-27-46-52-37(29-73(46)55(79)38(39)31-89-58(62)84)50-41(23-22-36-33(4)40(63)28-45(67-52)49(36)50)71-61(87)90-30-34-18-20-35(21-19-34)66-53(77)42(16-14-26-65-59(64)85)68-54(78)51(32(2)3)72-47(74)17-13-11-9-7-6-8-10-12-15-43(56(80)81)69-60(86)70-44(57(82)83)24-25-48(75)76/h18-21,27-28,32,41-44,51,88H,5-17,22-26,29-31H2,1-4H3,(H,66,77)(H,68,78)(H,71,87)(H,72,74)(H,75,76)(H,80,81)(H,82,83)(H3,64,65,85)(H2,69,70,86)/t41-,42-,43-,44-,51-,62-/m0/s1. The van der Waals surface area contributed by atoms with Crippen LogP contribution in [0, 0.1) is 18.7 Å². The lowest BCUT2D eigenvalue weighted by atomic mass is 9.81. The lowest BCUT2D eigenvalue weighted by Crippen LogP contribution is -2.54. The molecule has 0 radical (unpaired) electrons. The average molecular weight is 1260 g/mol. The SMILES string of the molecule is CC[C@@]1(O)C(=O)OCc2c1cc1n(c2=O)Cc2c-1nc1cc(F)c(C)c3c1c2[C@@H](NC(=O)OCc1ccc(NC(=O)[C@H](CCCNC(N)=O)NC(=O)[C@@H](NC(=O)CCCCCCCCCC[C@H](NC(=O)N[C@@H](CCC(=O)O)C(=O)O)C(=O)O)C(C)C)cc1)CC3. The Bertz CT molecular complexity index is 3470. The third-order valence-electron chi connectivity index (χ3n) is 16.6. The number of carboxylic acids is 3. The zero-order valence-electron chi connectivity index (χ0n) is 50.7. The van der Waals surface area contributed by atoms with Crippen molar-refractivity contribution in [2.45, 2.75) is 192 Å². The molecule has 8 amide bonds. The number of aromatic nitrogens is 2. The van der Waals surface area contributed by atoms with Crippen LogP contribution in [-0.4, -0.2) is 120 Å². The number of carbonyl (C=O) groups excluding carboxylic acids is 7. The van der Waals surface area contributed by atoms with Crippen LogP contribution in [-0.2, 0) is 74.8 Å². The first-order valence-electron chi connectivity index (χ1n) is 30.3. The van der Waals surface area contributed by atoms with E-state index < -0.39 is 107 Å². The molecule has 486 valence electrons. The van der Waals surface area contributed by atoms with Gasteiger partial charge in [0.15, 0.2) is 5.60 Å². The van der Waals surface area contributed by atoms with E-state index in [4.69, 9.17) is 25.3 Å². The van der Waals surface area contributed by atoms with Crippen LogP contribution in [0.15, 0.2) is 41.2 Å². The minimum Gasteiger partial charge on any atom is -0.481 e. The molecule has 27 nitrogen and oxygen atoms in total. The third-order valence-corrected chi connectivity index (χ3v) is 16.6. The van der Waals surface area contributed by atoms with Gasteiger partial charge < -0.3 is 77.4 Å². The number of nitrogens with zero attached hydrogens (tertiary/aromatic N) is 2. The van der Waals surface area contributed by atoms with Gasteiger partial charge in [0.25, 0.3) is 5.56 Å². The zero-order valence-corrected chi connectivity index (χ0v) is 50.7. The smallest absolute Gasteiger partial charge is 0.407 e. The van der Waals surface area contributed by atoms with Gasteiger partial charge >= 0.3 is 42.0 Å². The lowest BCUT2D eigenvalue weighted by molar-refractivity contribution is -0.172. The van der Waals surface area contributed by atoms with Crippen molar-refractivity contribution < 1.29 is 82.2 Å². The number of carbonyl (C=O) groups is 10. The molecule has 0 bridgehead atoms. The molecule has 2 aromatic carbocycles. The van der Waals surface area contributed by atoms with Crippen LogP contribution in [0.4, 0.5) is 24.5 Å². The number of ether oxygens (including phenoxy) is 2. The van der Waals surface area contributed by atoms with Crippen molar-refractivity contribution in [2.24, 2.45) is 11.7 Å². The number of alkyl carbamates (subject to hydrolysis) is 1. The highest BCUT2D eigenvalue weighted by Crippen LogP contribution is 2.46. The van der Waals surface area contributed by atoms with Crippen molar-refractivity contribution in [1.82, 2.24) is 41.5 Å². The Morgan fingerprint density at radius 2 is 1.44 bits per heavy atom. The molecule has 0 saturated heterocycles. The lowest BCUT2D eigenvalue weighted by Gasteiger charge is -2.31. The number of nitrogens with one attached hydrogen (secondary N) is 7. The summed E-state index contributed by atoms with van der Waals surface area (Å²) >= 11 is 0. The first-order chi connectivity index (χ1) is 42.8. The van der Waals surface area contributed by atoms with Crippen LogP contribution in [0.25, 0.3) is 22.3 Å². The maximum Gasteiger partial charge on any atom is 0.407 e. The number of pyridine rings is 2. The number of amides is 8. The van der Waals surface area contributed by atoms with E-state index in [2.05, 4.69) is 37.2 Å². The van der Waals surface area contributed by atoms with Gasteiger partial charge in [0.2, 0.25) is 17.7 Å². The average Bonchev–Trinajstić information content (AvgIpc) is 1.47. The predicted molar refractivity (Wildman–Crippen MR) is 322 cm³/mol. The van der Waals surface area contributed by atoms with E-state index in [1.807, 2.05) is 0 Å². The minimum atomic E-state index is -2.06. The Morgan fingerprint density at radius 3 is 2.08 bits per heavy atom. The number of benzene rings is 2. The van der Waals surface area contributed by atoms with Crippen molar-refractivity contribution in [3.05, 3.63) is 91.5 Å². The maximum atomic E-state index is 15.5. The first kappa shape index (κ1) is 68.3. The number of aryl methyl sites for hydroxylation is 1. The number of hydrogen-bond acceptors (Lipinski definition) is 15. The van der Waals surface area contributed by atoms with Gasteiger partial charge in [-0.1, -0.05) is 77.8 Å². The van der Waals surface area contributed by atoms with Gasteiger partial charge in [-0.05, 0) is 105 Å². The second-order valence-electron chi connectivity index (χ2n) is 23.3. The monoisotopic (exact) mass is 1250 g/mol. The summed E-state index contributed by atoms with van der Waals surface area (Å²) in [7, 11) is 0. The number of cyclic esters (lactones) is 1. The van der Waals surface area contributed by atoms with E-state index in [9.17, 15) is 68.1 Å². The third kappa shape index (κ3) is 16.9. The molecule has 4 aromatic rings. The molecule has 6 atom stereocenters. The number of aliphatic carboxylic acids is 3. The number of halogens is 1. The Labute approximate surface area is 517 Å². The van der Waals surface area contributed by atoms with Gasteiger partial charge in [0.1, 0.15) is 43.2 Å². The van der Waals surface area contributed by atoms with Gasteiger partial charge in [0.05, 0.1) is 35.1 Å². The molecular formula is C62H79FN10O17. The van der Waals surface area contributed by atoms with Gasteiger partial charge in [-0.2, -0.15) is 0 Å². The van der Waals surface area contributed by atoms with E-state index in [1.54, 1.807) is 58.0 Å². The molecule has 7 rings (SSSR count). The summed E-state index contributed by atoms with van der Waals surface area (Å²) in [6, 6.07) is 1.97. The van der Waals surface area contributed by atoms with Crippen molar-refractivity contribution in [1.29, 1.82) is 0 Å². The van der Waals surface area contributed by atoms with Crippen molar-refractivity contribution >= 4 is 76.3 Å². The molecule has 90 heavy (non-hydrogen) atoms. The molecule has 4 heterocycles. The number of esters is 1. The second kappa shape index (κ2) is 30.8. The van der Waals surface area contributed by atoms with Crippen LogP contribution in [0.2, 0.25) is 0 Å². The van der Waals surface area contributed by atoms with Crippen LogP contribution in [0.1, 0.15) is 168 Å². The highest BCUT2D eigenvalue weighted by Gasteiger charge is 2.46. The second-order valence-corrected chi connectivity index (χ2v) is 23.3. The van der Waals surface area contributed by atoms with Crippen LogP contribution >= 0.6 is 0 Å². The summed E-state index contributed by atoms with van der Waals surface area (Å²) in [6.07, 6.45) is 5.28. The molecule has 0 spiro atoms. The van der Waals surface area contributed by atoms with E-state index in [-0.39, 0.29) is 87.8 Å². The van der Waals surface area contributed by atoms with Crippen molar-refractivity contribution in [3.8, 4) is 11.4 Å². The predicted octanol–water partition coefficient (Wildman–Crippen LogP) is 5.42. The molecule has 0 saturated carbocycles. The number of aliphatic hydroxyl groups is 1. The topological polar surface area (TPSA) is 415 Å². The number of anilines is 1. The van der Waals surface area contributed by atoms with E-state index in [0.29, 0.717) is 82.3 Å². The summed E-state index contributed by atoms with van der Waals surface area (Å²) in [5, 5.41) is 57.8. The molecule has 0 unspecified atom stereocenters. The number of nitrogens with two attached hydrogens (primary N) is 1. The molecule has 2 aliphatic heterocycles. The summed E-state index contributed by atoms with van der Waals surface area (Å²) in [5.74, 6) is -7.25. The number of fused-ring (bicyclic) bond motifs is 5. The Kier molecular flexibility index (Phi) is 23.4. The number of carboxylic acid groups (broad SMARTS) is 3. The normalized spacial score (nSPS) is 16.6. The van der Waals surface area contributed by atoms with Crippen LogP contribution < -0.4 is 48.5 Å². The van der Waals surface area contributed by atoms with Gasteiger partial charge in [-0.15, -0.1) is 0 Å². The molecule has 1 aliphatic carbocycles. The fourth-order valence-corrected chi connectivity index (χ4v) is 11.6. The molecule has 0 fully saturated rings. The zero-order chi connectivity index (χ0) is 65.6. The summed E-state index contributed by atoms with van der Waals surface area (Å²) in [5.41, 5.74) is 7.30. The molecule has 3 aliphatic rings. The fraction of sp³-hybridized carbons (Fsp3) is 0.516. The summed E-state index contributed by atoms with van der Waals surface area (Å²) in [6.45, 7) is 6.43. The Balaban J connectivity index is 0.879. The van der Waals surface area contributed by atoms with E-state index >= 15 is 4.39 Å². The molecule has 28 heteroatoms. The quantitative estimate of drug-likeness (QED) is 0.0189. The van der Waals surface area contributed by atoms with Crippen LogP contribution in [0.3, 0.4) is 0 Å². The van der Waals surface area contributed by atoms with Gasteiger partial charge in [-0.3, -0.25) is 24.0 Å². The highest BCUT2D eigenvalue weighted by atomic mass is 19.1. The van der Waals surface area contributed by atoms with Crippen LogP contribution in [0.5, 0.6) is 0 Å². The van der Waals surface area contributed by atoms with Crippen molar-refractivity contribution in [3.63, 3.8) is 0 Å². The molecular weight excluding hydrogens is 1180 g/mol. The largest absolute Gasteiger partial charge is 0.481 e. The summed E-state index contributed by atoms with van der Waals surface area (Å²) < 4.78 is 27.9. The number of primary amides is 1. The summed E-state index contributed by atoms with van der Waals surface area (Å²) in [4.78, 5) is 144. The van der Waals surface area contributed by atoms with Gasteiger partial charge in [0, 0.05) is 47.7 Å². The molecule has 2 aromatic heterocycles. The fourth-order valence-electron chi connectivity index (χ4n) is 11.6. The van der Waals surface area contributed by atoms with E-state index in [1.165, 1.54) is 10.6 Å². The molecule has 13 N–H and O–H groups in total. The number of urea groups is 2. The van der Waals surface area contributed by atoms with Crippen molar-refractivity contribution in [2.75, 3.05) is 11.9 Å². The Morgan fingerprint density at radius 1 is 0.800 bits per heavy atom. The number of unbranched alkanes of at least 4 members (excludes halogenated alkanes) is 7. The van der Waals surface area contributed by atoms with Gasteiger partial charge in [-0.25, -0.2) is 38.1 Å². The minimum absolute atomic E-state index is 0.0493. The highest BCUT2D eigenvalue weighted by molar-refractivity contribution is 5.99.